The number of nitrogens with zero attached hydrogens (tertiary/aromatic N) is 1. The lowest BCUT2D eigenvalue weighted by Crippen LogP contribution is -1.90. The van der Waals surface area contributed by atoms with Gasteiger partial charge in [-0.05, 0) is 30.9 Å². The Morgan fingerprint density at radius 2 is 2.18 bits per heavy atom. The summed E-state index contributed by atoms with van der Waals surface area (Å²) in [7, 11) is 0. The number of rotatable bonds is 5. The molecular formula is C8H10ClNO. The summed E-state index contributed by atoms with van der Waals surface area (Å²) in [5, 5.41) is 7.70. The quantitative estimate of drug-likeness (QED) is 0.362. The van der Waals surface area contributed by atoms with Gasteiger partial charge in [0.05, 0.1) is 6.07 Å². The summed E-state index contributed by atoms with van der Waals surface area (Å²) >= 11 is 5.14. The summed E-state index contributed by atoms with van der Waals surface area (Å²) in [4.78, 5) is 10.4. The largest absolute Gasteiger partial charge is 0.276 e. The molecule has 0 fully saturated rings. The van der Waals surface area contributed by atoms with Crippen molar-refractivity contribution < 1.29 is 4.79 Å². The molecule has 0 rings (SSSR count). The van der Waals surface area contributed by atoms with E-state index in [1.165, 1.54) is 0 Å². The van der Waals surface area contributed by atoms with Crippen LogP contribution in [0.15, 0.2) is 12.2 Å². The predicted octanol–water partition coefficient (Wildman–Crippen LogP) is 2.39. The van der Waals surface area contributed by atoms with Crippen molar-refractivity contribution in [2.75, 3.05) is 0 Å². The maximum absolute atomic E-state index is 10.4. The average molecular weight is 172 g/mol. The lowest BCUT2D eigenvalue weighted by Gasteiger charge is -1.96. The van der Waals surface area contributed by atoms with Crippen molar-refractivity contribution in [3.8, 4) is 6.07 Å². The minimum absolute atomic E-state index is 0.435. The van der Waals surface area contributed by atoms with E-state index >= 15 is 0 Å². The minimum Gasteiger partial charge on any atom is -0.276 e. The van der Waals surface area contributed by atoms with Gasteiger partial charge in [-0.2, -0.15) is 5.26 Å². The molecule has 0 spiro atoms. The summed E-state index contributed by atoms with van der Waals surface area (Å²) in [6, 6.07) is 2.02. The Bertz CT molecular complexity index is 193. The van der Waals surface area contributed by atoms with E-state index in [1.54, 1.807) is 0 Å². The number of nitriles is 1. The zero-order valence-electron chi connectivity index (χ0n) is 6.27. The third kappa shape index (κ3) is 5.63. The van der Waals surface area contributed by atoms with Crippen LogP contribution in [-0.2, 0) is 4.79 Å². The molecule has 0 saturated carbocycles. The fourth-order valence-electron chi connectivity index (χ4n) is 0.641. The van der Waals surface area contributed by atoms with Crippen LogP contribution < -0.4 is 0 Å². The Kier molecular flexibility index (Phi) is 5.50. The Morgan fingerprint density at radius 3 is 2.64 bits per heavy atom. The van der Waals surface area contributed by atoms with Crippen LogP contribution in [0.5, 0.6) is 0 Å². The summed E-state index contributed by atoms with van der Waals surface area (Å²) < 4.78 is 0. The van der Waals surface area contributed by atoms with Gasteiger partial charge in [-0.25, -0.2) is 0 Å². The Morgan fingerprint density at radius 1 is 1.55 bits per heavy atom. The first-order chi connectivity index (χ1) is 5.18. The SMILES string of the molecule is C=C(CCCCC#N)C(=O)Cl. The number of halogens is 1. The average Bonchev–Trinajstić information content (AvgIpc) is 1.97. The second kappa shape index (κ2) is 5.94. The molecule has 0 aliphatic carbocycles. The van der Waals surface area contributed by atoms with Crippen LogP contribution >= 0.6 is 11.6 Å². The van der Waals surface area contributed by atoms with Crippen molar-refractivity contribution >= 4 is 16.8 Å². The summed E-state index contributed by atoms with van der Waals surface area (Å²) in [5.41, 5.74) is 0.435. The zero-order valence-corrected chi connectivity index (χ0v) is 7.02. The lowest BCUT2D eigenvalue weighted by atomic mass is 10.1. The maximum atomic E-state index is 10.4. The fourth-order valence-corrected chi connectivity index (χ4v) is 0.735. The van der Waals surface area contributed by atoms with E-state index in [2.05, 4.69) is 6.58 Å². The van der Waals surface area contributed by atoms with Crippen LogP contribution in [0.1, 0.15) is 25.7 Å². The number of hydrogen-bond acceptors (Lipinski definition) is 2. The minimum atomic E-state index is -0.470. The molecular weight excluding hydrogens is 162 g/mol. The zero-order chi connectivity index (χ0) is 8.69. The molecule has 11 heavy (non-hydrogen) atoms. The van der Waals surface area contributed by atoms with Crippen LogP contribution in [0.2, 0.25) is 0 Å². The monoisotopic (exact) mass is 171 g/mol. The molecule has 0 aromatic carbocycles. The van der Waals surface area contributed by atoms with Crippen molar-refractivity contribution in [1.29, 1.82) is 5.26 Å². The smallest absolute Gasteiger partial charge is 0.247 e. The van der Waals surface area contributed by atoms with E-state index in [0.717, 1.165) is 12.8 Å². The molecule has 0 unspecified atom stereocenters. The van der Waals surface area contributed by atoms with Crippen molar-refractivity contribution in [2.45, 2.75) is 25.7 Å². The molecule has 0 aromatic heterocycles. The third-order valence-electron chi connectivity index (χ3n) is 1.30. The molecule has 0 saturated heterocycles. The molecule has 0 amide bonds. The van der Waals surface area contributed by atoms with Gasteiger partial charge in [-0.1, -0.05) is 6.58 Å². The molecule has 0 heterocycles. The van der Waals surface area contributed by atoms with Gasteiger partial charge in [-0.3, -0.25) is 4.79 Å². The van der Waals surface area contributed by atoms with Crippen molar-refractivity contribution in [2.24, 2.45) is 0 Å². The molecule has 3 heteroatoms. The van der Waals surface area contributed by atoms with Crippen molar-refractivity contribution in [3.63, 3.8) is 0 Å². The highest BCUT2D eigenvalue weighted by Gasteiger charge is 2.01. The maximum Gasteiger partial charge on any atom is 0.247 e. The summed E-state index contributed by atoms with van der Waals surface area (Å²) in [5.74, 6) is 0. The number of allylic oxidation sites excluding steroid dienone is 1. The second-order valence-corrected chi connectivity index (χ2v) is 2.59. The molecule has 0 N–H and O–H groups in total. The number of carbonyl (C=O) groups is 1. The highest BCUT2D eigenvalue weighted by Crippen LogP contribution is 2.09. The van der Waals surface area contributed by atoms with Gasteiger partial charge in [0.25, 0.3) is 0 Å². The fraction of sp³-hybridized carbons (Fsp3) is 0.500. The second-order valence-electron chi connectivity index (χ2n) is 2.24. The lowest BCUT2D eigenvalue weighted by molar-refractivity contribution is -0.108. The van der Waals surface area contributed by atoms with Gasteiger partial charge in [0.1, 0.15) is 0 Å². The van der Waals surface area contributed by atoms with Crippen LogP contribution in [-0.4, -0.2) is 5.24 Å². The van der Waals surface area contributed by atoms with Crippen LogP contribution in [0, 0.1) is 11.3 Å². The van der Waals surface area contributed by atoms with E-state index in [1.807, 2.05) is 6.07 Å². The molecule has 60 valence electrons. The normalized spacial score (nSPS) is 8.73. The van der Waals surface area contributed by atoms with Gasteiger partial charge in [0, 0.05) is 12.0 Å². The van der Waals surface area contributed by atoms with Gasteiger partial charge < -0.3 is 0 Å². The Balaban J connectivity index is 3.34. The van der Waals surface area contributed by atoms with Gasteiger partial charge >= 0.3 is 0 Å². The van der Waals surface area contributed by atoms with E-state index < -0.39 is 5.24 Å². The van der Waals surface area contributed by atoms with Crippen molar-refractivity contribution in [3.05, 3.63) is 12.2 Å². The topological polar surface area (TPSA) is 40.9 Å². The molecule has 2 nitrogen and oxygen atoms in total. The molecule has 0 bridgehead atoms. The highest BCUT2D eigenvalue weighted by molar-refractivity contribution is 6.67. The molecule has 0 aliphatic heterocycles. The summed E-state index contributed by atoms with van der Waals surface area (Å²) in [6.45, 7) is 3.49. The Labute approximate surface area is 71.5 Å². The van der Waals surface area contributed by atoms with E-state index in [-0.39, 0.29) is 0 Å². The van der Waals surface area contributed by atoms with Gasteiger partial charge in [0.2, 0.25) is 5.24 Å². The first kappa shape index (κ1) is 10.2. The van der Waals surface area contributed by atoms with Crippen LogP contribution in [0.4, 0.5) is 0 Å². The predicted molar refractivity (Wildman–Crippen MR) is 44.1 cm³/mol. The van der Waals surface area contributed by atoms with Gasteiger partial charge in [0.15, 0.2) is 0 Å². The van der Waals surface area contributed by atoms with Crippen molar-refractivity contribution in [1.82, 2.24) is 0 Å². The highest BCUT2D eigenvalue weighted by atomic mass is 35.5. The standard InChI is InChI=1S/C8H10ClNO/c1-7(8(9)11)5-3-2-4-6-10/h1-5H2. The molecule has 0 aliphatic rings. The molecule has 0 aromatic rings. The van der Waals surface area contributed by atoms with E-state index in [9.17, 15) is 4.79 Å². The first-order valence-electron chi connectivity index (χ1n) is 3.43. The van der Waals surface area contributed by atoms with Crippen LogP contribution in [0.25, 0.3) is 0 Å². The first-order valence-corrected chi connectivity index (χ1v) is 3.81. The van der Waals surface area contributed by atoms with E-state index in [4.69, 9.17) is 16.9 Å². The third-order valence-corrected chi connectivity index (χ3v) is 1.56. The number of unbranched alkanes of at least 4 members (excludes halogenated alkanes) is 2. The summed E-state index contributed by atoms with van der Waals surface area (Å²) in [6.07, 6.45) is 2.75. The molecule has 0 radical (unpaired) electrons. The number of hydrogen-bond donors (Lipinski definition) is 0. The molecule has 0 atom stereocenters. The van der Waals surface area contributed by atoms with Crippen LogP contribution in [0.3, 0.4) is 0 Å². The van der Waals surface area contributed by atoms with E-state index in [0.29, 0.717) is 18.4 Å². The Hall–Kier alpha value is -0.810. The number of carbonyl (C=O) groups excluding carboxylic acids is 1. The van der Waals surface area contributed by atoms with Gasteiger partial charge in [-0.15, -0.1) is 0 Å².